The number of ketones is 1. The first-order valence-corrected chi connectivity index (χ1v) is 9.46. The topological polar surface area (TPSA) is 63.2 Å². The van der Waals surface area contributed by atoms with E-state index in [9.17, 15) is 4.79 Å². The zero-order valence-electron chi connectivity index (χ0n) is 17.4. The van der Waals surface area contributed by atoms with Crippen molar-refractivity contribution in [2.45, 2.75) is 13.3 Å². The molecule has 29 heavy (non-hydrogen) atoms. The van der Waals surface area contributed by atoms with Gasteiger partial charge in [0.15, 0.2) is 28.8 Å². The molecule has 0 aliphatic heterocycles. The number of carbonyl (C=O) groups is 1. The first-order chi connectivity index (χ1) is 14.1. The van der Waals surface area contributed by atoms with E-state index in [4.69, 9.17) is 23.7 Å². The Morgan fingerprint density at radius 2 is 1.55 bits per heavy atom. The van der Waals surface area contributed by atoms with Gasteiger partial charge >= 0.3 is 0 Å². The summed E-state index contributed by atoms with van der Waals surface area (Å²) in [5.74, 6) is 2.25. The Kier molecular flexibility index (Phi) is 9.05. The number of ether oxygens (including phenoxy) is 5. The lowest BCUT2D eigenvalue weighted by molar-refractivity contribution is 0.104. The molecule has 0 bridgehead atoms. The highest BCUT2D eigenvalue weighted by atomic mass is 16.5. The van der Waals surface area contributed by atoms with Gasteiger partial charge in [-0.3, -0.25) is 4.79 Å². The van der Waals surface area contributed by atoms with Crippen molar-refractivity contribution in [1.82, 2.24) is 0 Å². The molecule has 6 heteroatoms. The third kappa shape index (κ3) is 6.54. The maximum atomic E-state index is 12.6. The van der Waals surface area contributed by atoms with Gasteiger partial charge in [0.25, 0.3) is 0 Å². The second kappa shape index (κ2) is 11.8. The van der Waals surface area contributed by atoms with Crippen LogP contribution in [0.3, 0.4) is 0 Å². The second-order valence-electron chi connectivity index (χ2n) is 6.16. The molecule has 0 saturated carbocycles. The fourth-order valence-corrected chi connectivity index (χ4v) is 2.56. The van der Waals surface area contributed by atoms with Crippen LogP contribution in [0.25, 0.3) is 6.08 Å². The summed E-state index contributed by atoms with van der Waals surface area (Å²) in [7, 11) is 4.75. The molecule has 0 fully saturated rings. The van der Waals surface area contributed by atoms with Crippen molar-refractivity contribution in [2.75, 3.05) is 41.2 Å². The van der Waals surface area contributed by atoms with E-state index in [1.165, 1.54) is 13.2 Å². The van der Waals surface area contributed by atoms with Gasteiger partial charge in [0, 0.05) is 12.7 Å². The molecule has 0 N–H and O–H groups in total. The second-order valence-corrected chi connectivity index (χ2v) is 6.16. The Labute approximate surface area is 172 Å². The van der Waals surface area contributed by atoms with Crippen LogP contribution in [0.15, 0.2) is 42.5 Å². The van der Waals surface area contributed by atoms with Crippen LogP contribution >= 0.6 is 0 Å². The zero-order valence-corrected chi connectivity index (χ0v) is 17.4. The van der Waals surface area contributed by atoms with Gasteiger partial charge in [-0.15, -0.1) is 0 Å². The summed E-state index contributed by atoms with van der Waals surface area (Å²) in [6.45, 7) is 3.51. The number of rotatable bonds is 12. The van der Waals surface area contributed by atoms with Gasteiger partial charge in [0.1, 0.15) is 6.61 Å². The van der Waals surface area contributed by atoms with E-state index < -0.39 is 0 Å². The third-order valence-electron chi connectivity index (χ3n) is 4.07. The molecule has 2 rings (SSSR count). The van der Waals surface area contributed by atoms with E-state index in [0.29, 0.717) is 48.4 Å². The summed E-state index contributed by atoms with van der Waals surface area (Å²) in [5, 5.41) is 0. The molecule has 0 spiro atoms. The van der Waals surface area contributed by atoms with Gasteiger partial charge in [-0.25, -0.2) is 0 Å². The SMILES string of the molecule is CCCOc1cc(/C=C/C(=O)c2ccc(OCCOC)c(OC)c2)ccc1OC. The number of methoxy groups -OCH3 is 3. The van der Waals surface area contributed by atoms with Crippen LogP contribution in [0.2, 0.25) is 0 Å². The molecule has 0 heterocycles. The van der Waals surface area contributed by atoms with E-state index >= 15 is 0 Å². The maximum absolute atomic E-state index is 12.6. The quantitative estimate of drug-likeness (QED) is 0.299. The van der Waals surface area contributed by atoms with Crippen molar-refractivity contribution in [3.05, 3.63) is 53.6 Å². The number of allylic oxidation sites excluding steroid dienone is 1. The standard InChI is InChI=1S/C23H28O6/c1-5-12-28-23-15-17(7-10-20(23)26-3)6-9-19(24)18-8-11-21(22(16-18)27-4)29-14-13-25-2/h6-11,15-16H,5,12-14H2,1-4H3/b9-6+. The normalized spacial score (nSPS) is 10.8. The summed E-state index contributed by atoms with van der Waals surface area (Å²) in [6.07, 6.45) is 4.16. The Bertz CT molecular complexity index is 828. The highest BCUT2D eigenvalue weighted by molar-refractivity contribution is 6.07. The number of carbonyl (C=O) groups excluding carboxylic acids is 1. The molecule has 2 aromatic carbocycles. The molecule has 0 aromatic heterocycles. The van der Waals surface area contributed by atoms with Crippen molar-refractivity contribution >= 4 is 11.9 Å². The minimum Gasteiger partial charge on any atom is -0.493 e. The fourth-order valence-electron chi connectivity index (χ4n) is 2.56. The number of benzene rings is 2. The summed E-state index contributed by atoms with van der Waals surface area (Å²) < 4.78 is 26.9. The summed E-state index contributed by atoms with van der Waals surface area (Å²) in [4.78, 5) is 12.6. The van der Waals surface area contributed by atoms with Crippen molar-refractivity contribution < 1.29 is 28.5 Å². The predicted molar refractivity (Wildman–Crippen MR) is 113 cm³/mol. The van der Waals surface area contributed by atoms with E-state index in [1.54, 1.807) is 38.5 Å². The first kappa shape index (κ1) is 22.3. The van der Waals surface area contributed by atoms with Gasteiger partial charge in [-0.1, -0.05) is 19.1 Å². The lowest BCUT2D eigenvalue weighted by Crippen LogP contribution is -2.06. The van der Waals surface area contributed by atoms with Crippen LogP contribution in [0.1, 0.15) is 29.3 Å². The van der Waals surface area contributed by atoms with Crippen molar-refractivity contribution in [1.29, 1.82) is 0 Å². The van der Waals surface area contributed by atoms with Crippen LogP contribution in [0, 0.1) is 0 Å². The molecule has 6 nitrogen and oxygen atoms in total. The molecule has 0 aliphatic carbocycles. The Hall–Kier alpha value is -2.99. The van der Waals surface area contributed by atoms with Crippen LogP contribution in [-0.2, 0) is 4.74 Å². The lowest BCUT2D eigenvalue weighted by atomic mass is 10.1. The number of hydrogen-bond acceptors (Lipinski definition) is 6. The Morgan fingerprint density at radius 1 is 0.828 bits per heavy atom. The monoisotopic (exact) mass is 400 g/mol. The van der Waals surface area contributed by atoms with E-state index in [1.807, 2.05) is 25.1 Å². The van der Waals surface area contributed by atoms with E-state index in [-0.39, 0.29) is 5.78 Å². The maximum Gasteiger partial charge on any atom is 0.185 e. The molecule has 0 saturated heterocycles. The van der Waals surface area contributed by atoms with Crippen LogP contribution < -0.4 is 18.9 Å². The smallest absolute Gasteiger partial charge is 0.185 e. The Balaban J connectivity index is 2.13. The molecule has 156 valence electrons. The zero-order chi connectivity index (χ0) is 21.1. The summed E-state index contributed by atoms with van der Waals surface area (Å²) >= 11 is 0. The predicted octanol–water partition coefficient (Wildman–Crippen LogP) is 4.41. The highest BCUT2D eigenvalue weighted by Gasteiger charge is 2.10. The number of hydrogen-bond donors (Lipinski definition) is 0. The van der Waals surface area contributed by atoms with Crippen LogP contribution in [0.4, 0.5) is 0 Å². The van der Waals surface area contributed by atoms with Gasteiger partial charge in [0.05, 0.1) is 27.4 Å². The van der Waals surface area contributed by atoms with Crippen molar-refractivity contribution in [3.8, 4) is 23.0 Å². The summed E-state index contributed by atoms with van der Waals surface area (Å²) in [5.41, 5.74) is 1.35. The lowest BCUT2D eigenvalue weighted by Gasteiger charge is -2.11. The summed E-state index contributed by atoms with van der Waals surface area (Å²) in [6, 6.07) is 10.6. The van der Waals surface area contributed by atoms with Gasteiger partial charge in [-0.05, 0) is 48.4 Å². The van der Waals surface area contributed by atoms with Crippen molar-refractivity contribution in [2.24, 2.45) is 0 Å². The highest BCUT2D eigenvalue weighted by Crippen LogP contribution is 2.30. The molecular formula is C23H28O6. The van der Waals surface area contributed by atoms with Gasteiger partial charge < -0.3 is 23.7 Å². The first-order valence-electron chi connectivity index (χ1n) is 9.46. The molecule has 0 atom stereocenters. The molecule has 0 amide bonds. The largest absolute Gasteiger partial charge is 0.493 e. The molecule has 0 radical (unpaired) electrons. The van der Waals surface area contributed by atoms with Gasteiger partial charge in [-0.2, -0.15) is 0 Å². The van der Waals surface area contributed by atoms with Gasteiger partial charge in [0.2, 0.25) is 0 Å². The third-order valence-corrected chi connectivity index (χ3v) is 4.07. The average Bonchev–Trinajstić information content (AvgIpc) is 2.76. The minimum absolute atomic E-state index is 0.140. The van der Waals surface area contributed by atoms with Crippen LogP contribution in [-0.4, -0.2) is 46.9 Å². The molecular weight excluding hydrogens is 372 g/mol. The van der Waals surface area contributed by atoms with E-state index in [0.717, 1.165) is 12.0 Å². The average molecular weight is 400 g/mol. The molecule has 2 aromatic rings. The van der Waals surface area contributed by atoms with Crippen molar-refractivity contribution in [3.63, 3.8) is 0 Å². The van der Waals surface area contributed by atoms with E-state index in [2.05, 4.69) is 0 Å². The Morgan fingerprint density at radius 3 is 2.24 bits per heavy atom. The fraction of sp³-hybridized carbons (Fsp3) is 0.348. The minimum atomic E-state index is -0.140. The molecule has 0 aliphatic rings. The molecule has 0 unspecified atom stereocenters. The van der Waals surface area contributed by atoms with Crippen LogP contribution in [0.5, 0.6) is 23.0 Å².